The molecule has 0 radical (unpaired) electrons. The first-order valence-corrected chi connectivity index (χ1v) is 10.9. The first kappa shape index (κ1) is 19.1. The van der Waals surface area contributed by atoms with E-state index in [1.54, 1.807) is 12.1 Å². The number of hydrogen-bond donors (Lipinski definition) is 3. The second kappa shape index (κ2) is 7.21. The monoisotopic (exact) mass is 425 g/mol. The number of carbonyl (C=O) groups is 1. The molecule has 3 aliphatic rings. The Morgan fingerprint density at radius 1 is 0.938 bits per heavy atom. The third-order valence-corrected chi connectivity index (χ3v) is 6.72. The number of oxime groups is 1. The summed E-state index contributed by atoms with van der Waals surface area (Å²) in [5.74, 6) is 0.640. The summed E-state index contributed by atoms with van der Waals surface area (Å²) in [4.78, 5) is 12.8. The van der Waals surface area contributed by atoms with Gasteiger partial charge >= 0.3 is 0 Å². The molecule has 3 aromatic rings. The summed E-state index contributed by atoms with van der Waals surface area (Å²) in [7, 11) is 0. The highest BCUT2D eigenvalue weighted by atomic mass is 16.5. The molecule has 2 aliphatic heterocycles. The number of rotatable bonds is 5. The van der Waals surface area contributed by atoms with Crippen LogP contribution in [0.1, 0.15) is 80.3 Å². The second-order valence-corrected chi connectivity index (χ2v) is 8.77. The van der Waals surface area contributed by atoms with Crippen molar-refractivity contribution in [2.24, 2.45) is 10.9 Å². The van der Waals surface area contributed by atoms with Gasteiger partial charge in [0.25, 0.3) is 5.91 Å². The van der Waals surface area contributed by atoms with Crippen LogP contribution >= 0.6 is 0 Å². The molecule has 2 bridgehead atoms. The molecule has 0 saturated heterocycles. The Balaban J connectivity index is 1.19. The van der Waals surface area contributed by atoms with Crippen molar-refractivity contribution < 1.29 is 14.7 Å². The van der Waals surface area contributed by atoms with Crippen LogP contribution in [0.3, 0.4) is 0 Å². The molecule has 0 aromatic heterocycles. The standard InChI is InChI=1S/C26H23N3O3/c27-25(29-31)16-3-1-14(2-4-16)13-28-26(30)18-8-10-20-22(12-18)24-21-11-17(15-5-6-15)7-9-19(21)23(20)32-24/h1-4,7-12,15,23-24,31H,5-6,13H2,(H2,27,29)(H,28,30)/t23-,24+/m0/s1. The molecule has 1 saturated carbocycles. The summed E-state index contributed by atoms with van der Waals surface area (Å²) in [5, 5.41) is 14.7. The minimum Gasteiger partial charge on any atom is -0.409 e. The predicted molar refractivity (Wildman–Crippen MR) is 120 cm³/mol. The SMILES string of the molecule is NC(=NO)c1ccc(CNC(=O)c2ccc3c(c2)[C@@H]2O[C@H]3c3ccc(C4CC4)cc32)cc1. The van der Waals surface area contributed by atoms with Crippen LogP contribution in [0.25, 0.3) is 0 Å². The fourth-order valence-corrected chi connectivity index (χ4v) is 4.81. The van der Waals surface area contributed by atoms with Crippen LogP contribution in [0.2, 0.25) is 0 Å². The number of nitrogens with one attached hydrogen (secondary N) is 1. The molecule has 2 heterocycles. The number of fused-ring (bicyclic) bond motifs is 8. The normalized spacial score (nSPS) is 20.7. The number of nitrogens with zero attached hydrogens (tertiary/aromatic N) is 1. The zero-order valence-corrected chi connectivity index (χ0v) is 17.4. The number of ether oxygens (including phenoxy) is 1. The van der Waals surface area contributed by atoms with Gasteiger partial charge in [-0.25, -0.2) is 0 Å². The molecule has 160 valence electrons. The summed E-state index contributed by atoms with van der Waals surface area (Å²) >= 11 is 0. The molecular weight excluding hydrogens is 402 g/mol. The highest BCUT2D eigenvalue weighted by Gasteiger charge is 2.43. The minimum atomic E-state index is -0.122. The van der Waals surface area contributed by atoms with Crippen LogP contribution < -0.4 is 11.1 Å². The first-order valence-electron chi connectivity index (χ1n) is 10.9. The zero-order valence-electron chi connectivity index (χ0n) is 17.4. The van der Waals surface area contributed by atoms with Crippen molar-refractivity contribution in [3.63, 3.8) is 0 Å². The molecular formula is C26H23N3O3. The van der Waals surface area contributed by atoms with Crippen molar-refractivity contribution in [3.8, 4) is 0 Å². The molecule has 2 atom stereocenters. The highest BCUT2D eigenvalue weighted by molar-refractivity contribution is 5.97. The van der Waals surface area contributed by atoms with Crippen molar-refractivity contribution in [2.45, 2.75) is 37.5 Å². The number of benzene rings is 3. The van der Waals surface area contributed by atoms with Crippen LogP contribution in [0.5, 0.6) is 0 Å². The molecule has 4 N–H and O–H groups in total. The van der Waals surface area contributed by atoms with Crippen LogP contribution in [0.15, 0.2) is 65.8 Å². The Labute approximate surface area is 185 Å². The maximum Gasteiger partial charge on any atom is 0.251 e. The van der Waals surface area contributed by atoms with E-state index in [9.17, 15) is 4.79 Å². The molecule has 1 fully saturated rings. The van der Waals surface area contributed by atoms with Crippen molar-refractivity contribution in [2.75, 3.05) is 0 Å². The number of hydrogen-bond acceptors (Lipinski definition) is 4. The van der Waals surface area contributed by atoms with E-state index in [4.69, 9.17) is 15.7 Å². The predicted octanol–water partition coefficient (Wildman–Crippen LogP) is 4.11. The van der Waals surface area contributed by atoms with Crippen LogP contribution in [0, 0.1) is 0 Å². The molecule has 0 unspecified atom stereocenters. The van der Waals surface area contributed by atoms with E-state index in [1.807, 2.05) is 30.3 Å². The molecule has 6 nitrogen and oxygen atoms in total. The lowest BCUT2D eigenvalue weighted by molar-refractivity contribution is 0.0857. The summed E-state index contributed by atoms with van der Waals surface area (Å²) in [5.41, 5.74) is 14.0. The Hall–Kier alpha value is -3.64. The quantitative estimate of drug-likeness (QED) is 0.248. The number of amidine groups is 1. The molecule has 6 heteroatoms. The Morgan fingerprint density at radius 3 is 2.31 bits per heavy atom. The maximum atomic E-state index is 12.8. The zero-order chi connectivity index (χ0) is 21.8. The van der Waals surface area contributed by atoms with Crippen LogP contribution in [-0.2, 0) is 11.3 Å². The van der Waals surface area contributed by atoms with Gasteiger partial charge in [0.2, 0.25) is 0 Å². The topological polar surface area (TPSA) is 96.9 Å². The van der Waals surface area contributed by atoms with Gasteiger partial charge in [-0.1, -0.05) is 53.7 Å². The molecule has 6 rings (SSSR count). The van der Waals surface area contributed by atoms with Gasteiger partial charge in [-0.15, -0.1) is 0 Å². The summed E-state index contributed by atoms with van der Waals surface area (Å²) in [6.07, 6.45) is 2.45. The lowest BCUT2D eigenvalue weighted by Gasteiger charge is -2.17. The van der Waals surface area contributed by atoms with Crippen molar-refractivity contribution in [3.05, 3.63) is 105 Å². The lowest BCUT2D eigenvalue weighted by Crippen LogP contribution is -2.23. The number of amides is 1. The van der Waals surface area contributed by atoms with E-state index in [1.165, 1.54) is 29.5 Å². The van der Waals surface area contributed by atoms with Gasteiger partial charge in [-0.3, -0.25) is 4.79 Å². The fourth-order valence-electron chi connectivity index (χ4n) is 4.81. The summed E-state index contributed by atoms with van der Waals surface area (Å²) in [6, 6.07) is 19.9. The lowest BCUT2D eigenvalue weighted by atomic mass is 9.84. The van der Waals surface area contributed by atoms with Crippen molar-refractivity contribution in [1.82, 2.24) is 5.32 Å². The first-order chi connectivity index (χ1) is 15.6. The molecule has 1 amide bonds. The van der Waals surface area contributed by atoms with E-state index < -0.39 is 0 Å². The van der Waals surface area contributed by atoms with E-state index >= 15 is 0 Å². The number of nitrogens with two attached hydrogens (primary N) is 1. The molecule has 32 heavy (non-hydrogen) atoms. The number of carbonyl (C=O) groups excluding carboxylic acids is 1. The Kier molecular flexibility index (Phi) is 4.30. The van der Waals surface area contributed by atoms with E-state index in [-0.39, 0.29) is 24.0 Å². The van der Waals surface area contributed by atoms with Gasteiger partial charge in [0.15, 0.2) is 5.84 Å². The van der Waals surface area contributed by atoms with E-state index in [0.717, 1.165) is 16.7 Å². The van der Waals surface area contributed by atoms with Crippen LogP contribution in [0.4, 0.5) is 0 Å². The average Bonchev–Trinajstić information content (AvgIpc) is 3.54. The average molecular weight is 425 g/mol. The van der Waals surface area contributed by atoms with Crippen molar-refractivity contribution in [1.29, 1.82) is 0 Å². The van der Waals surface area contributed by atoms with Gasteiger partial charge in [0.1, 0.15) is 12.2 Å². The largest absolute Gasteiger partial charge is 0.409 e. The maximum absolute atomic E-state index is 12.8. The van der Waals surface area contributed by atoms with E-state index in [2.05, 4.69) is 28.7 Å². The smallest absolute Gasteiger partial charge is 0.251 e. The summed E-state index contributed by atoms with van der Waals surface area (Å²) < 4.78 is 6.30. The molecule has 0 spiro atoms. The Bertz CT molecular complexity index is 1260. The van der Waals surface area contributed by atoms with Crippen LogP contribution in [-0.4, -0.2) is 17.0 Å². The molecule has 1 aliphatic carbocycles. The van der Waals surface area contributed by atoms with Gasteiger partial charge in [0.05, 0.1) is 0 Å². The van der Waals surface area contributed by atoms with Crippen molar-refractivity contribution >= 4 is 11.7 Å². The van der Waals surface area contributed by atoms with Gasteiger partial charge < -0.3 is 21.0 Å². The third-order valence-electron chi connectivity index (χ3n) is 6.72. The van der Waals surface area contributed by atoms with Gasteiger partial charge in [0, 0.05) is 17.7 Å². The molecule has 3 aromatic carbocycles. The fraction of sp³-hybridized carbons (Fsp3) is 0.231. The van der Waals surface area contributed by atoms with E-state index in [0.29, 0.717) is 23.6 Å². The second-order valence-electron chi connectivity index (χ2n) is 8.77. The van der Waals surface area contributed by atoms with Gasteiger partial charge in [-0.05, 0) is 64.3 Å². The third kappa shape index (κ3) is 3.07. The minimum absolute atomic E-state index is 0.0243. The highest BCUT2D eigenvalue weighted by Crippen LogP contribution is 2.55. The Morgan fingerprint density at radius 2 is 1.59 bits per heavy atom. The van der Waals surface area contributed by atoms with Gasteiger partial charge in [-0.2, -0.15) is 0 Å². The summed E-state index contributed by atoms with van der Waals surface area (Å²) in [6.45, 7) is 0.391.